The van der Waals surface area contributed by atoms with Crippen molar-refractivity contribution in [1.29, 1.82) is 0 Å². The average molecular weight is 228 g/mol. The van der Waals surface area contributed by atoms with E-state index in [0.717, 1.165) is 12.3 Å². The molecular formula is C12H18ClNO. The van der Waals surface area contributed by atoms with Gasteiger partial charge in [0.05, 0.1) is 13.1 Å². The molecule has 0 bridgehead atoms. The maximum Gasteiger partial charge on any atom is 0.123 e. The van der Waals surface area contributed by atoms with Crippen LogP contribution in [0.1, 0.15) is 16.7 Å². The summed E-state index contributed by atoms with van der Waals surface area (Å²) in [7, 11) is 3.69. The molecule has 0 aliphatic rings. The second-order valence-corrected chi connectivity index (χ2v) is 4.12. The lowest BCUT2D eigenvalue weighted by Crippen LogP contribution is -2.16. The van der Waals surface area contributed by atoms with Crippen LogP contribution in [-0.2, 0) is 6.54 Å². The Morgan fingerprint density at radius 1 is 1.27 bits per heavy atom. The van der Waals surface area contributed by atoms with Crippen LogP contribution in [0.15, 0.2) is 12.1 Å². The van der Waals surface area contributed by atoms with E-state index in [2.05, 4.69) is 26.0 Å². The lowest BCUT2D eigenvalue weighted by Gasteiger charge is -2.17. The molecule has 15 heavy (non-hydrogen) atoms. The summed E-state index contributed by atoms with van der Waals surface area (Å²) in [6.07, 6.45) is 0. The Balaban J connectivity index is 2.99. The molecule has 0 radical (unpaired) electrons. The van der Waals surface area contributed by atoms with Crippen LogP contribution in [-0.4, -0.2) is 25.1 Å². The van der Waals surface area contributed by atoms with Crippen molar-refractivity contribution < 1.29 is 4.74 Å². The molecule has 0 fully saturated rings. The van der Waals surface area contributed by atoms with Gasteiger partial charge >= 0.3 is 0 Å². The number of nitrogens with zero attached hydrogens (tertiary/aromatic N) is 1. The van der Waals surface area contributed by atoms with Gasteiger partial charge in [-0.2, -0.15) is 0 Å². The number of benzene rings is 1. The fraction of sp³-hybridized carbons (Fsp3) is 0.500. The number of hydrogen-bond donors (Lipinski definition) is 0. The van der Waals surface area contributed by atoms with E-state index in [1.807, 2.05) is 11.9 Å². The van der Waals surface area contributed by atoms with Gasteiger partial charge in [-0.05, 0) is 38.1 Å². The zero-order valence-electron chi connectivity index (χ0n) is 9.80. The van der Waals surface area contributed by atoms with Crippen molar-refractivity contribution >= 4 is 11.6 Å². The van der Waals surface area contributed by atoms with E-state index in [0.29, 0.717) is 6.00 Å². The molecule has 3 heteroatoms. The fourth-order valence-electron chi connectivity index (χ4n) is 1.50. The highest BCUT2D eigenvalue weighted by atomic mass is 35.5. The molecule has 1 rings (SSSR count). The normalized spacial score (nSPS) is 10.8. The monoisotopic (exact) mass is 227 g/mol. The predicted molar refractivity (Wildman–Crippen MR) is 64.7 cm³/mol. The molecule has 84 valence electrons. The van der Waals surface area contributed by atoms with E-state index in [1.165, 1.54) is 16.7 Å². The first-order chi connectivity index (χ1) is 7.08. The molecule has 1 aromatic rings. The number of rotatable bonds is 4. The first-order valence-corrected chi connectivity index (χ1v) is 5.50. The highest BCUT2D eigenvalue weighted by Gasteiger charge is 2.07. The van der Waals surface area contributed by atoms with Crippen molar-refractivity contribution in [2.45, 2.75) is 20.4 Å². The van der Waals surface area contributed by atoms with Crippen LogP contribution in [0.5, 0.6) is 5.75 Å². The third-order valence-electron chi connectivity index (χ3n) is 2.54. The number of methoxy groups -OCH3 is 1. The molecule has 0 aromatic heterocycles. The van der Waals surface area contributed by atoms with Crippen molar-refractivity contribution in [2.24, 2.45) is 0 Å². The zero-order chi connectivity index (χ0) is 11.4. The van der Waals surface area contributed by atoms with Gasteiger partial charge in [-0.1, -0.05) is 6.07 Å². The van der Waals surface area contributed by atoms with Crippen molar-refractivity contribution in [3.05, 3.63) is 28.8 Å². The van der Waals surface area contributed by atoms with Crippen LogP contribution in [0.25, 0.3) is 0 Å². The Morgan fingerprint density at radius 3 is 2.40 bits per heavy atom. The average Bonchev–Trinajstić information content (AvgIpc) is 2.22. The Bertz CT molecular complexity index is 339. The number of ether oxygens (including phenoxy) is 1. The largest absolute Gasteiger partial charge is 0.496 e. The third-order valence-corrected chi connectivity index (χ3v) is 2.95. The van der Waals surface area contributed by atoms with Crippen LogP contribution in [0, 0.1) is 13.8 Å². The summed E-state index contributed by atoms with van der Waals surface area (Å²) in [5.74, 6) is 0.940. The minimum Gasteiger partial charge on any atom is -0.496 e. The highest BCUT2D eigenvalue weighted by Crippen LogP contribution is 2.24. The van der Waals surface area contributed by atoms with Gasteiger partial charge in [-0.3, -0.25) is 4.90 Å². The predicted octanol–water partition coefficient (Wildman–Crippen LogP) is 2.94. The Hall–Kier alpha value is -0.730. The quantitative estimate of drug-likeness (QED) is 0.579. The van der Waals surface area contributed by atoms with Gasteiger partial charge in [0.2, 0.25) is 0 Å². The summed E-state index contributed by atoms with van der Waals surface area (Å²) in [6.45, 7) is 5.01. The summed E-state index contributed by atoms with van der Waals surface area (Å²) in [5.41, 5.74) is 3.72. The van der Waals surface area contributed by atoms with E-state index < -0.39 is 0 Å². The molecule has 0 spiro atoms. The Labute approximate surface area is 96.8 Å². The molecule has 0 aliphatic heterocycles. The molecule has 0 N–H and O–H groups in total. The van der Waals surface area contributed by atoms with Crippen LogP contribution < -0.4 is 4.74 Å². The summed E-state index contributed by atoms with van der Waals surface area (Å²) >= 11 is 5.75. The minimum atomic E-state index is 0.524. The second-order valence-electron chi connectivity index (χ2n) is 3.88. The minimum absolute atomic E-state index is 0.524. The molecule has 0 atom stereocenters. The van der Waals surface area contributed by atoms with Crippen LogP contribution in [0.3, 0.4) is 0 Å². The lowest BCUT2D eigenvalue weighted by molar-refractivity contribution is 0.360. The second kappa shape index (κ2) is 5.38. The number of halogens is 1. The van der Waals surface area contributed by atoms with Gasteiger partial charge in [-0.25, -0.2) is 0 Å². The van der Waals surface area contributed by atoms with E-state index in [-0.39, 0.29) is 0 Å². The van der Waals surface area contributed by atoms with E-state index >= 15 is 0 Å². The van der Waals surface area contributed by atoms with Crippen molar-refractivity contribution in [2.75, 3.05) is 20.2 Å². The third kappa shape index (κ3) is 3.11. The summed E-state index contributed by atoms with van der Waals surface area (Å²) in [5, 5.41) is 0. The molecule has 0 heterocycles. The summed E-state index contributed by atoms with van der Waals surface area (Å²) in [4.78, 5) is 2.04. The maximum atomic E-state index is 5.75. The molecule has 0 aliphatic carbocycles. The van der Waals surface area contributed by atoms with Gasteiger partial charge in [0.25, 0.3) is 0 Å². The molecule has 1 aromatic carbocycles. The molecular weight excluding hydrogens is 210 g/mol. The van der Waals surface area contributed by atoms with E-state index in [9.17, 15) is 0 Å². The van der Waals surface area contributed by atoms with Crippen molar-refractivity contribution in [3.63, 3.8) is 0 Å². The standard InChI is InChI=1S/C12H18ClNO/c1-9-5-11(7-14(3)8-13)12(15-4)6-10(9)2/h5-6H,7-8H2,1-4H3. The Morgan fingerprint density at radius 2 is 1.87 bits per heavy atom. The zero-order valence-corrected chi connectivity index (χ0v) is 10.6. The maximum absolute atomic E-state index is 5.75. The molecule has 0 saturated heterocycles. The van der Waals surface area contributed by atoms with Gasteiger partial charge in [-0.15, -0.1) is 11.6 Å². The number of hydrogen-bond acceptors (Lipinski definition) is 2. The first-order valence-electron chi connectivity index (χ1n) is 4.97. The molecule has 0 saturated carbocycles. The van der Waals surface area contributed by atoms with Gasteiger partial charge in [0, 0.05) is 12.1 Å². The summed E-state index contributed by atoms with van der Waals surface area (Å²) in [6, 6.07) is 4.76. The molecule has 2 nitrogen and oxygen atoms in total. The summed E-state index contributed by atoms with van der Waals surface area (Å²) < 4.78 is 5.36. The van der Waals surface area contributed by atoms with Crippen molar-refractivity contribution in [3.8, 4) is 5.75 Å². The van der Waals surface area contributed by atoms with Gasteiger partial charge < -0.3 is 4.74 Å². The molecule has 0 amide bonds. The lowest BCUT2D eigenvalue weighted by atomic mass is 10.0. The van der Waals surface area contributed by atoms with Crippen molar-refractivity contribution in [1.82, 2.24) is 4.90 Å². The van der Waals surface area contributed by atoms with E-state index in [4.69, 9.17) is 16.3 Å². The number of alkyl halides is 1. The topological polar surface area (TPSA) is 12.5 Å². The van der Waals surface area contributed by atoms with E-state index in [1.54, 1.807) is 7.11 Å². The first kappa shape index (κ1) is 12.3. The SMILES string of the molecule is COc1cc(C)c(C)cc1CN(C)CCl. The number of aryl methyl sites for hydroxylation is 2. The Kier molecular flexibility index (Phi) is 4.43. The highest BCUT2D eigenvalue weighted by molar-refractivity contribution is 6.17. The van der Waals surface area contributed by atoms with Gasteiger partial charge in [0.15, 0.2) is 0 Å². The fourth-order valence-corrected chi connectivity index (χ4v) is 1.58. The van der Waals surface area contributed by atoms with Crippen LogP contribution >= 0.6 is 11.6 Å². The molecule has 0 unspecified atom stereocenters. The van der Waals surface area contributed by atoms with Gasteiger partial charge in [0.1, 0.15) is 5.75 Å². The van der Waals surface area contributed by atoms with Crippen LogP contribution in [0.2, 0.25) is 0 Å². The van der Waals surface area contributed by atoms with Crippen LogP contribution in [0.4, 0.5) is 0 Å². The smallest absolute Gasteiger partial charge is 0.123 e.